The number of rotatable bonds is 14. The maximum Gasteiger partial charge on any atom is 0.407 e. The van der Waals surface area contributed by atoms with E-state index in [0.29, 0.717) is 37.4 Å². The summed E-state index contributed by atoms with van der Waals surface area (Å²) in [6.07, 6.45) is 0.983. The first-order valence-corrected chi connectivity index (χ1v) is 17.5. The molecule has 50 heavy (non-hydrogen) atoms. The highest BCUT2D eigenvalue weighted by Gasteiger charge is 2.46. The lowest BCUT2D eigenvalue weighted by atomic mass is 9.82. The van der Waals surface area contributed by atoms with Crippen molar-refractivity contribution in [2.45, 2.75) is 89.4 Å². The van der Waals surface area contributed by atoms with E-state index in [1.165, 1.54) is 6.92 Å². The van der Waals surface area contributed by atoms with Crippen LogP contribution in [0.4, 0.5) is 4.79 Å². The van der Waals surface area contributed by atoms with E-state index in [1.807, 2.05) is 56.3 Å². The number of carbonyl (C=O) groups is 5. The zero-order valence-corrected chi connectivity index (χ0v) is 30.0. The van der Waals surface area contributed by atoms with Crippen LogP contribution >= 0.6 is 11.6 Å². The Kier molecular flexibility index (Phi) is 13.3. The molecule has 0 bridgehead atoms. The van der Waals surface area contributed by atoms with Gasteiger partial charge in [-0.1, -0.05) is 74.8 Å². The molecular weight excluding hydrogens is 664 g/mol. The van der Waals surface area contributed by atoms with Gasteiger partial charge in [-0.05, 0) is 55.4 Å². The minimum atomic E-state index is -1.22. The zero-order chi connectivity index (χ0) is 36.5. The van der Waals surface area contributed by atoms with Crippen LogP contribution in [0.1, 0.15) is 70.9 Å². The first kappa shape index (κ1) is 38.6. The minimum absolute atomic E-state index is 0.000536. The van der Waals surface area contributed by atoms with Gasteiger partial charge >= 0.3 is 12.1 Å². The summed E-state index contributed by atoms with van der Waals surface area (Å²) in [5.74, 6) is -2.60. The molecule has 0 saturated carbocycles. The lowest BCUT2D eigenvalue weighted by Crippen LogP contribution is -2.52. The summed E-state index contributed by atoms with van der Waals surface area (Å²) in [5.41, 5.74) is 0.632. The average molecular weight is 713 g/mol. The largest absolute Gasteiger partial charge is 0.461 e. The normalized spacial score (nSPS) is 18.8. The molecule has 2 aliphatic rings. The van der Waals surface area contributed by atoms with Gasteiger partial charge in [0.1, 0.15) is 19.3 Å². The molecule has 4 amide bonds. The molecule has 2 fully saturated rings. The van der Waals surface area contributed by atoms with E-state index in [2.05, 4.69) is 16.0 Å². The molecule has 2 aromatic carbocycles. The number of piperidine rings is 1. The Bertz CT molecular complexity index is 1510. The third-order valence-electron chi connectivity index (χ3n) is 9.69. The Morgan fingerprint density at radius 1 is 1.06 bits per heavy atom. The molecule has 0 aliphatic carbocycles. The van der Waals surface area contributed by atoms with Crippen LogP contribution in [-0.4, -0.2) is 83.7 Å². The topological polar surface area (TPSA) is 163 Å². The molecule has 0 radical (unpaired) electrons. The molecule has 4 N–H and O–H groups in total. The smallest absolute Gasteiger partial charge is 0.407 e. The molecule has 1 spiro atoms. The molecule has 2 aliphatic heterocycles. The molecule has 4 rings (SSSR count). The fraction of sp³-hybridized carbons (Fsp3) is 0.541. The Balaban J connectivity index is 1.40. The van der Waals surface area contributed by atoms with Crippen molar-refractivity contribution < 1.29 is 38.6 Å². The third-order valence-corrected chi connectivity index (χ3v) is 9.93. The van der Waals surface area contributed by atoms with Crippen molar-refractivity contribution in [2.75, 3.05) is 26.3 Å². The highest BCUT2D eigenvalue weighted by Crippen LogP contribution is 2.36. The van der Waals surface area contributed by atoms with Crippen LogP contribution in [0.3, 0.4) is 0 Å². The highest BCUT2D eigenvalue weighted by molar-refractivity contribution is 6.30. The molecule has 13 heteroatoms. The van der Waals surface area contributed by atoms with E-state index in [0.717, 1.165) is 11.1 Å². The van der Waals surface area contributed by atoms with Gasteiger partial charge in [-0.15, -0.1) is 0 Å². The van der Waals surface area contributed by atoms with Crippen LogP contribution in [0.25, 0.3) is 0 Å². The van der Waals surface area contributed by atoms with Crippen molar-refractivity contribution in [3.05, 3.63) is 70.7 Å². The molecule has 3 unspecified atom stereocenters. The summed E-state index contributed by atoms with van der Waals surface area (Å²) in [6, 6.07) is 14.4. The number of hydrogen-bond donors (Lipinski definition) is 4. The molecule has 272 valence electrons. The third kappa shape index (κ3) is 10.7. The number of carbonyl (C=O) groups excluding carboxylic acids is 5. The predicted octanol–water partition coefficient (Wildman–Crippen LogP) is 3.87. The molecule has 2 saturated heterocycles. The van der Waals surface area contributed by atoms with Gasteiger partial charge in [-0.3, -0.25) is 19.2 Å². The van der Waals surface area contributed by atoms with Crippen molar-refractivity contribution in [3.8, 4) is 0 Å². The van der Waals surface area contributed by atoms with E-state index in [-0.39, 0.29) is 37.9 Å². The number of nitrogens with zero attached hydrogens (tertiary/aromatic N) is 1. The molecular formula is C37H49ClN4O8. The van der Waals surface area contributed by atoms with Crippen LogP contribution in [-0.2, 0) is 40.7 Å². The number of alkyl carbamates (subject to hydrolysis) is 1. The van der Waals surface area contributed by atoms with E-state index >= 15 is 0 Å². The van der Waals surface area contributed by atoms with Crippen molar-refractivity contribution in [2.24, 2.45) is 11.8 Å². The number of aliphatic hydroxyl groups is 1. The lowest BCUT2D eigenvalue weighted by Gasteiger charge is -2.39. The number of nitrogens with one attached hydrogen (secondary N) is 3. The number of benzene rings is 2. The first-order valence-electron chi connectivity index (χ1n) is 17.1. The van der Waals surface area contributed by atoms with Crippen molar-refractivity contribution >= 4 is 41.4 Å². The SMILES string of the molecule is CC(=O)N1CCC2(CC1)CC(CC(CO)NC(=O)[C@H](CC(C)C(=O)OCc1ccccc1)NC(=O)OCC(C)(C)c1cccc(Cl)c1)C(=O)N2. The standard InChI is InChI=1S/C37H49ClN4O8/c1-24(34(47)49-22-26-9-6-5-7-10-26)17-31(40-35(48)50-23-36(3,4)28-11-8-12-29(38)19-28)33(46)39-30(21-43)18-27-20-37(41-32(27)45)13-15-42(16-14-37)25(2)44/h5-12,19,24,27,30-31,43H,13-18,20-23H2,1-4H3,(H,39,46)(H,40,48)(H,41,45)/t24?,27?,30?,31-/m0/s1. The summed E-state index contributed by atoms with van der Waals surface area (Å²) in [5, 5.41) is 19.3. The predicted molar refractivity (Wildman–Crippen MR) is 187 cm³/mol. The van der Waals surface area contributed by atoms with Crippen molar-refractivity contribution in [1.29, 1.82) is 0 Å². The summed E-state index contributed by atoms with van der Waals surface area (Å²) in [7, 11) is 0. The fourth-order valence-corrected chi connectivity index (χ4v) is 6.74. The monoisotopic (exact) mass is 712 g/mol. The zero-order valence-electron chi connectivity index (χ0n) is 29.2. The van der Waals surface area contributed by atoms with Crippen molar-refractivity contribution in [1.82, 2.24) is 20.9 Å². The van der Waals surface area contributed by atoms with Gasteiger partial charge in [-0.25, -0.2) is 4.79 Å². The molecule has 2 aromatic rings. The van der Waals surface area contributed by atoms with Gasteiger partial charge in [0.05, 0.1) is 18.6 Å². The minimum Gasteiger partial charge on any atom is -0.461 e. The first-order chi connectivity index (χ1) is 23.7. The van der Waals surface area contributed by atoms with E-state index in [9.17, 15) is 29.1 Å². The van der Waals surface area contributed by atoms with Gasteiger partial charge in [0, 0.05) is 41.9 Å². The van der Waals surface area contributed by atoms with Gasteiger partial charge in [0.15, 0.2) is 0 Å². The highest BCUT2D eigenvalue weighted by atomic mass is 35.5. The van der Waals surface area contributed by atoms with E-state index in [1.54, 1.807) is 24.0 Å². The van der Waals surface area contributed by atoms with Gasteiger partial charge in [0.2, 0.25) is 17.7 Å². The second-order valence-corrected chi connectivity index (χ2v) is 14.6. The number of amides is 4. The number of hydrogen-bond acceptors (Lipinski definition) is 8. The Labute approximate surface area is 298 Å². The average Bonchev–Trinajstić information content (AvgIpc) is 3.39. The summed E-state index contributed by atoms with van der Waals surface area (Å²) in [6.45, 7) is 7.60. The Morgan fingerprint density at radius 3 is 2.40 bits per heavy atom. The number of ether oxygens (including phenoxy) is 2. The van der Waals surface area contributed by atoms with Gasteiger partial charge < -0.3 is 35.4 Å². The molecule has 4 atom stereocenters. The van der Waals surface area contributed by atoms with E-state index < -0.39 is 59.5 Å². The van der Waals surface area contributed by atoms with E-state index in [4.69, 9.17) is 21.1 Å². The number of aliphatic hydroxyl groups excluding tert-OH is 1. The molecule has 2 heterocycles. The fourth-order valence-electron chi connectivity index (χ4n) is 6.55. The maximum absolute atomic E-state index is 13.7. The summed E-state index contributed by atoms with van der Waals surface area (Å²) >= 11 is 6.16. The summed E-state index contributed by atoms with van der Waals surface area (Å²) < 4.78 is 11.0. The molecule has 0 aromatic heterocycles. The number of likely N-dealkylation sites (tertiary alicyclic amines) is 1. The van der Waals surface area contributed by atoms with Crippen LogP contribution in [0.5, 0.6) is 0 Å². The Morgan fingerprint density at radius 2 is 1.76 bits per heavy atom. The number of halogens is 1. The summed E-state index contributed by atoms with van der Waals surface area (Å²) in [4.78, 5) is 66.3. The second-order valence-electron chi connectivity index (χ2n) is 14.2. The van der Waals surface area contributed by atoms with Crippen LogP contribution in [0.15, 0.2) is 54.6 Å². The van der Waals surface area contributed by atoms with Crippen LogP contribution in [0, 0.1) is 11.8 Å². The quantitative estimate of drug-likeness (QED) is 0.215. The van der Waals surface area contributed by atoms with Crippen LogP contribution < -0.4 is 16.0 Å². The van der Waals surface area contributed by atoms with Crippen molar-refractivity contribution in [3.63, 3.8) is 0 Å². The number of esters is 1. The molecule has 12 nitrogen and oxygen atoms in total. The maximum atomic E-state index is 13.7. The van der Waals surface area contributed by atoms with Crippen LogP contribution in [0.2, 0.25) is 5.02 Å². The Hall–Kier alpha value is -4.16. The lowest BCUT2D eigenvalue weighted by molar-refractivity contribution is -0.150. The van der Waals surface area contributed by atoms with Gasteiger partial charge in [0.25, 0.3) is 0 Å². The van der Waals surface area contributed by atoms with Gasteiger partial charge in [-0.2, -0.15) is 0 Å². The second kappa shape index (κ2) is 17.2.